The monoisotopic (exact) mass is 314 g/mol. The molecule has 0 saturated heterocycles. The Bertz CT molecular complexity index is 1010. The van der Waals surface area contributed by atoms with Gasteiger partial charge in [0, 0.05) is 0 Å². The van der Waals surface area contributed by atoms with E-state index < -0.39 is 5.78 Å². The number of ketones is 1. The molecule has 0 heterocycles. The van der Waals surface area contributed by atoms with Crippen molar-refractivity contribution in [2.45, 2.75) is 0 Å². The van der Waals surface area contributed by atoms with Gasteiger partial charge in [0.25, 0.3) is 0 Å². The van der Waals surface area contributed by atoms with Crippen LogP contribution in [0.1, 0.15) is 15.9 Å². The third-order valence-corrected chi connectivity index (χ3v) is 4.27. The van der Waals surface area contributed by atoms with E-state index in [0.29, 0.717) is 10.8 Å². The van der Waals surface area contributed by atoms with Gasteiger partial charge in [-0.25, -0.2) is 0 Å². The van der Waals surface area contributed by atoms with Crippen LogP contribution in [-0.4, -0.2) is 16.0 Å². The summed E-state index contributed by atoms with van der Waals surface area (Å²) in [4.78, 5) is 13.2. The van der Waals surface area contributed by atoms with Gasteiger partial charge in [-0.15, -0.1) is 0 Å². The molecule has 0 aliphatic rings. The Morgan fingerprint density at radius 3 is 1.46 bits per heavy atom. The fourth-order valence-electron chi connectivity index (χ4n) is 3.12. The van der Waals surface area contributed by atoms with Gasteiger partial charge in [0.15, 0.2) is 0 Å². The van der Waals surface area contributed by atoms with E-state index in [-0.39, 0.29) is 22.6 Å². The first-order valence-electron chi connectivity index (χ1n) is 7.63. The van der Waals surface area contributed by atoms with Crippen molar-refractivity contribution in [2.24, 2.45) is 0 Å². The minimum absolute atomic E-state index is 0.0916. The molecule has 0 unspecified atom stereocenters. The van der Waals surface area contributed by atoms with E-state index >= 15 is 0 Å². The second-order valence-electron chi connectivity index (χ2n) is 5.69. The second-order valence-corrected chi connectivity index (χ2v) is 5.69. The lowest BCUT2D eigenvalue weighted by molar-refractivity contribution is 0.103. The number of rotatable bonds is 2. The summed E-state index contributed by atoms with van der Waals surface area (Å²) in [5, 5.41) is 23.6. The van der Waals surface area contributed by atoms with Crippen LogP contribution in [0.2, 0.25) is 0 Å². The number of aromatic hydroxyl groups is 2. The lowest BCUT2D eigenvalue weighted by Crippen LogP contribution is -2.04. The summed E-state index contributed by atoms with van der Waals surface area (Å²) >= 11 is 0. The Labute approximate surface area is 138 Å². The zero-order valence-corrected chi connectivity index (χ0v) is 12.7. The van der Waals surface area contributed by atoms with Gasteiger partial charge in [0.1, 0.15) is 11.5 Å². The molecule has 3 nitrogen and oxygen atoms in total. The topological polar surface area (TPSA) is 57.5 Å². The Hall–Kier alpha value is -3.33. The molecule has 0 spiro atoms. The summed E-state index contributed by atoms with van der Waals surface area (Å²) in [7, 11) is 0. The van der Waals surface area contributed by atoms with Gasteiger partial charge in [-0.1, -0.05) is 60.7 Å². The van der Waals surface area contributed by atoms with Gasteiger partial charge in [-0.3, -0.25) is 4.79 Å². The normalized spacial score (nSPS) is 11.0. The van der Waals surface area contributed by atoms with Crippen molar-refractivity contribution in [3.8, 4) is 11.5 Å². The first-order chi connectivity index (χ1) is 11.7. The van der Waals surface area contributed by atoms with Crippen molar-refractivity contribution in [2.75, 3.05) is 0 Å². The molecule has 0 aromatic heterocycles. The van der Waals surface area contributed by atoms with E-state index in [1.807, 2.05) is 36.4 Å². The first kappa shape index (κ1) is 14.3. The van der Waals surface area contributed by atoms with Gasteiger partial charge in [0.05, 0.1) is 11.1 Å². The predicted molar refractivity (Wildman–Crippen MR) is 94.7 cm³/mol. The van der Waals surface area contributed by atoms with E-state index in [2.05, 4.69) is 0 Å². The molecule has 0 fully saturated rings. The lowest BCUT2D eigenvalue weighted by atomic mass is 9.92. The Kier molecular flexibility index (Phi) is 3.21. The molecule has 4 aromatic carbocycles. The number of carbonyl (C=O) groups is 1. The fourth-order valence-corrected chi connectivity index (χ4v) is 3.12. The highest BCUT2D eigenvalue weighted by molar-refractivity contribution is 6.24. The van der Waals surface area contributed by atoms with E-state index in [1.165, 1.54) is 12.1 Å². The quantitative estimate of drug-likeness (QED) is 0.530. The van der Waals surface area contributed by atoms with Crippen molar-refractivity contribution in [3.05, 3.63) is 83.9 Å². The molecule has 0 saturated carbocycles. The van der Waals surface area contributed by atoms with Crippen LogP contribution < -0.4 is 0 Å². The van der Waals surface area contributed by atoms with E-state index in [4.69, 9.17) is 0 Å². The van der Waals surface area contributed by atoms with Crippen molar-refractivity contribution in [3.63, 3.8) is 0 Å². The van der Waals surface area contributed by atoms with Crippen LogP contribution in [-0.2, 0) is 0 Å². The standard InChI is InChI=1S/C21H14O3/c22-17-11-9-13-5-1-3-7-15(13)19(17)21(24)20-16-8-4-2-6-14(16)10-12-18(20)23/h1-12,22-23H. The van der Waals surface area contributed by atoms with Gasteiger partial charge >= 0.3 is 0 Å². The van der Waals surface area contributed by atoms with E-state index in [0.717, 1.165) is 10.8 Å². The van der Waals surface area contributed by atoms with Crippen LogP contribution in [0, 0.1) is 0 Å². The fraction of sp³-hybridized carbons (Fsp3) is 0. The van der Waals surface area contributed by atoms with Crippen LogP contribution in [0.15, 0.2) is 72.8 Å². The van der Waals surface area contributed by atoms with Crippen LogP contribution in [0.3, 0.4) is 0 Å². The van der Waals surface area contributed by atoms with Crippen molar-refractivity contribution >= 4 is 27.3 Å². The molecular weight excluding hydrogens is 300 g/mol. The highest BCUT2D eigenvalue weighted by atomic mass is 16.3. The third-order valence-electron chi connectivity index (χ3n) is 4.27. The largest absolute Gasteiger partial charge is 0.507 e. The van der Waals surface area contributed by atoms with Crippen LogP contribution in [0.5, 0.6) is 11.5 Å². The number of phenols is 2. The number of hydrogen-bond donors (Lipinski definition) is 2. The van der Waals surface area contributed by atoms with Gasteiger partial charge in [-0.05, 0) is 33.7 Å². The Morgan fingerprint density at radius 1 is 0.583 bits per heavy atom. The van der Waals surface area contributed by atoms with Gasteiger partial charge < -0.3 is 10.2 Å². The molecule has 0 aliphatic heterocycles. The first-order valence-corrected chi connectivity index (χ1v) is 7.63. The average Bonchev–Trinajstić information content (AvgIpc) is 2.61. The SMILES string of the molecule is O=C(c1c(O)ccc2ccccc12)c1c(O)ccc2ccccc12. The zero-order valence-electron chi connectivity index (χ0n) is 12.7. The van der Waals surface area contributed by atoms with Gasteiger partial charge in [0.2, 0.25) is 5.78 Å². The van der Waals surface area contributed by atoms with Crippen LogP contribution in [0.25, 0.3) is 21.5 Å². The third kappa shape index (κ3) is 2.10. The minimum Gasteiger partial charge on any atom is -0.507 e. The number of carbonyl (C=O) groups excluding carboxylic acids is 1. The highest BCUT2D eigenvalue weighted by Gasteiger charge is 2.22. The summed E-state index contributed by atoms with van der Waals surface area (Å²) in [5.74, 6) is -0.573. The predicted octanol–water partition coefficient (Wildman–Crippen LogP) is 4.64. The molecule has 4 aromatic rings. The molecule has 3 heteroatoms. The maximum atomic E-state index is 13.2. The zero-order chi connectivity index (χ0) is 16.7. The maximum Gasteiger partial charge on any atom is 0.201 e. The number of hydrogen-bond acceptors (Lipinski definition) is 3. The molecule has 0 aliphatic carbocycles. The van der Waals surface area contributed by atoms with Crippen molar-refractivity contribution in [1.29, 1.82) is 0 Å². The van der Waals surface area contributed by atoms with Crippen molar-refractivity contribution < 1.29 is 15.0 Å². The molecule has 0 radical (unpaired) electrons. The summed E-state index contributed by atoms with van der Waals surface area (Å²) in [6.45, 7) is 0. The smallest absolute Gasteiger partial charge is 0.201 e. The maximum absolute atomic E-state index is 13.2. The molecule has 0 amide bonds. The number of fused-ring (bicyclic) bond motifs is 2. The number of phenolic OH excluding ortho intramolecular Hbond substituents is 2. The molecular formula is C21H14O3. The second kappa shape index (κ2) is 5.39. The lowest BCUT2D eigenvalue weighted by Gasteiger charge is -2.12. The molecule has 2 N–H and O–H groups in total. The molecule has 116 valence electrons. The molecule has 0 atom stereocenters. The summed E-state index contributed by atoms with van der Waals surface area (Å²) in [6.07, 6.45) is 0. The van der Waals surface area contributed by atoms with E-state index in [9.17, 15) is 15.0 Å². The van der Waals surface area contributed by atoms with Crippen LogP contribution >= 0.6 is 0 Å². The molecule has 24 heavy (non-hydrogen) atoms. The summed E-state index contributed by atoms with van der Waals surface area (Å²) in [5.41, 5.74) is 0.416. The average molecular weight is 314 g/mol. The van der Waals surface area contributed by atoms with Crippen LogP contribution in [0.4, 0.5) is 0 Å². The van der Waals surface area contributed by atoms with E-state index in [1.54, 1.807) is 24.3 Å². The summed E-state index contributed by atoms with van der Waals surface area (Å²) in [6, 6.07) is 21.3. The number of benzene rings is 4. The Balaban J connectivity index is 2.05. The molecule has 0 bridgehead atoms. The van der Waals surface area contributed by atoms with Gasteiger partial charge in [-0.2, -0.15) is 0 Å². The minimum atomic E-state index is -0.390. The molecule has 4 rings (SSSR count). The highest BCUT2D eigenvalue weighted by Crippen LogP contribution is 2.34. The Morgan fingerprint density at radius 2 is 1.00 bits per heavy atom. The van der Waals surface area contributed by atoms with Crippen molar-refractivity contribution in [1.82, 2.24) is 0 Å². The summed E-state index contributed by atoms with van der Waals surface area (Å²) < 4.78 is 0.